The Hall–Kier alpha value is -1.86. The van der Waals surface area contributed by atoms with Crippen LogP contribution in [0.1, 0.15) is 6.92 Å². The average Bonchev–Trinajstić information content (AvgIpc) is 2.52. The van der Waals surface area contributed by atoms with Gasteiger partial charge in [-0.1, -0.05) is 13.0 Å². The minimum atomic E-state index is -0.367. The second-order valence-corrected chi connectivity index (χ2v) is 4.98. The summed E-state index contributed by atoms with van der Waals surface area (Å²) in [4.78, 5) is 13.2. The molecule has 0 amide bonds. The van der Waals surface area contributed by atoms with Crippen LogP contribution in [0.15, 0.2) is 18.2 Å². The van der Waals surface area contributed by atoms with Crippen LogP contribution >= 0.6 is 0 Å². The monoisotopic (exact) mass is 294 g/mol. The summed E-state index contributed by atoms with van der Waals surface area (Å²) < 4.78 is 5.70. The highest BCUT2D eigenvalue weighted by Gasteiger charge is 2.22. The smallest absolute Gasteiger partial charge is 0.315 e. The molecule has 0 aromatic heterocycles. The number of nitro groups is 1. The number of para-hydroxylation sites is 1. The van der Waals surface area contributed by atoms with Crippen LogP contribution in [-0.2, 0) is 4.74 Å². The van der Waals surface area contributed by atoms with E-state index in [0.717, 1.165) is 19.6 Å². The third kappa shape index (κ3) is 3.83. The molecule has 21 heavy (non-hydrogen) atoms. The zero-order valence-corrected chi connectivity index (χ0v) is 12.5. The lowest BCUT2D eigenvalue weighted by Gasteiger charge is -2.32. The highest BCUT2D eigenvalue weighted by molar-refractivity contribution is 5.76. The predicted octanol–water partition coefficient (Wildman–Crippen LogP) is 1.77. The lowest BCUT2D eigenvalue weighted by molar-refractivity contribution is -0.383. The third-order valence-corrected chi connectivity index (χ3v) is 3.68. The van der Waals surface area contributed by atoms with Gasteiger partial charge in [0.25, 0.3) is 0 Å². The Bertz CT molecular complexity index is 495. The van der Waals surface area contributed by atoms with Gasteiger partial charge in [-0.3, -0.25) is 15.0 Å². The van der Waals surface area contributed by atoms with Gasteiger partial charge in [0.2, 0.25) is 0 Å². The van der Waals surface area contributed by atoms with Crippen molar-refractivity contribution in [2.45, 2.75) is 13.0 Å². The highest BCUT2D eigenvalue weighted by atomic mass is 16.6. The fraction of sp³-hybridized carbons (Fsp3) is 0.571. The molecule has 1 aliphatic rings. The van der Waals surface area contributed by atoms with E-state index in [0.29, 0.717) is 24.5 Å². The summed E-state index contributed by atoms with van der Waals surface area (Å²) in [6.45, 7) is 6.18. The van der Waals surface area contributed by atoms with Gasteiger partial charge in [0.1, 0.15) is 11.4 Å². The van der Waals surface area contributed by atoms with E-state index >= 15 is 0 Å². The molecule has 1 atom stereocenters. The minimum Gasteiger partial charge on any atom is -0.382 e. The van der Waals surface area contributed by atoms with Crippen LogP contribution in [0.5, 0.6) is 0 Å². The Morgan fingerprint density at radius 3 is 2.90 bits per heavy atom. The zero-order chi connectivity index (χ0) is 15.2. The van der Waals surface area contributed by atoms with E-state index in [4.69, 9.17) is 4.74 Å². The van der Waals surface area contributed by atoms with Crippen molar-refractivity contribution in [3.05, 3.63) is 28.3 Å². The summed E-state index contributed by atoms with van der Waals surface area (Å²) in [5, 5.41) is 17.2. The maximum Gasteiger partial charge on any atom is 0.315 e. The predicted molar refractivity (Wildman–Crippen MR) is 83.0 cm³/mol. The van der Waals surface area contributed by atoms with E-state index in [1.54, 1.807) is 25.2 Å². The Kier molecular flexibility index (Phi) is 5.35. The van der Waals surface area contributed by atoms with E-state index in [1.165, 1.54) is 0 Å². The van der Waals surface area contributed by atoms with Crippen molar-refractivity contribution >= 4 is 17.1 Å². The number of likely N-dealkylation sites (N-methyl/N-ethyl adjacent to an activating group) is 1. The Morgan fingerprint density at radius 2 is 2.24 bits per heavy atom. The van der Waals surface area contributed by atoms with Crippen molar-refractivity contribution in [2.75, 3.05) is 50.5 Å². The van der Waals surface area contributed by atoms with Gasteiger partial charge in [-0.05, 0) is 18.7 Å². The van der Waals surface area contributed by atoms with Crippen LogP contribution < -0.4 is 10.6 Å². The lowest BCUT2D eigenvalue weighted by atomic mass is 10.2. The van der Waals surface area contributed by atoms with Crippen LogP contribution in [0.4, 0.5) is 17.1 Å². The number of morpholine rings is 1. The van der Waals surface area contributed by atoms with Gasteiger partial charge in [0.15, 0.2) is 0 Å². The van der Waals surface area contributed by atoms with Gasteiger partial charge >= 0.3 is 5.69 Å². The van der Waals surface area contributed by atoms with Crippen molar-refractivity contribution in [2.24, 2.45) is 0 Å². The topological polar surface area (TPSA) is 79.7 Å². The molecule has 1 aromatic rings. The quantitative estimate of drug-likeness (QED) is 0.615. The van der Waals surface area contributed by atoms with Gasteiger partial charge < -0.3 is 15.4 Å². The molecule has 2 N–H and O–H groups in total. The summed E-state index contributed by atoms with van der Waals surface area (Å²) in [7, 11) is 1.68. The van der Waals surface area contributed by atoms with Gasteiger partial charge in [-0.15, -0.1) is 0 Å². The van der Waals surface area contributed by atoms with E-state index in [9.17, 15) is 10.1 Å². The van der Waals surface area contributed by atoms with E-state index in [1.807, 2.05) is 0 Å². The Labute approximate surface area is 124 Å². The zero-order valence-electron chi connectivity index (χ0n) is 12.5. The molecule has 7 heteroatoms. The number of nitro benzene ring substituents is 1. The van der Waals surface area contributed by atoms with Crippen molar-refractivity contribution in [1.29, 1.82) is 0 Å². The number of rotatable bonds is 6. The molecule has 0 spiro atoms. The molecule has 0 radical (unpaired) electrons. The van der Waals surface area contributed by atoms with Crippen molar-refractivity contribution < 1.29 is 9.66 Å². The molecule has 0 bridgehead atoms. The highest BCUT2D eigenvalue weighted by Crippen LogP contribution is 2.32. The first-order chi connectivity index (χ1) is 10.2. The van der Waals surface area contributed by atoms with Crippen LogP contribution in [-0.4, -0.2) is 55.8 Å². The Balaban J connectivity index is 2.04. The molecular weight excluding hydrogens is 272 g/mol. The normalized spacial score (nSPS) is 19.2. The minimum absolute atomic E-state index is 0.0524. The van der Waals surface area contributed by atoms with Gasteiger partial charge in [-0.25, -0.2) is 0 Å². The van der Waals surface area contributed by atoms with E-state index < -0.39 is 0 Å². The first kappa shape index (κ1) is 15.5. The number of hydrogen-bond donors (Lipinski definition) is 2. The second kappa shape index (κ2) is 7.24. The summed E-state index contributed by atoms with van der Waals surface area (Å²) >= 11 is 0. The van der Waals surface area contributed by atoms with Gasteiger partial charge in [0, 0.05) is 26.7 Å². The van der Waals surface area contributed by atoms with Crippen LogP contribution in [0.25, 0.3) is 0 Å². The Morgan fingerprint density at radius 1 is 1.48 bits per heavy atom. The first-order valence-corrected chi connectivity index (χ1v) is 7.18. The largest absolute Gasteiger partial charge is 0.382 e. The number of hydrogen-bond acceptors (Lipinski definition) is 6. The molecule has 2 rings (SSSR count). The molecule has 1 fully saturated rings. The number of ether oxygens (including phenoxy) is 1. The fourth-order valence-corrected chi connectivity index (χ4v) is 2.50. The molecule has 7 nitrogen and oxygen atoms in total. The SMILES string of the molecule is CCN1CCOC(CNc2cccc(NC)c2[N+](=O)[O-])C1. The molecule has 0 aliphatic carbocycles. The first-order valence-electron chi connectivity index (χ1n) is 7.18. The van der Waals surface area contributed by atoms with E-state index in [2.05, 4.69) is 22.5 Å². The standard InChI is InChI=1S/C14H22N4O3/c1-3-17-7-8-21-11(10-17)9-16-13-6-4-5-12(15-2)14(13)18(19)20/h4-6,11,15-16H,3,7-10H2,1-2H3. The second-order valence-electron chi connectivity index (χ2n) is 4.98. The average molecular weight is 294 g/mol. The van der Waals surface area contributed by atoms with Crippen LogP contribution in [0, 0.1) is 10.1 Å². The lowest BCUT2D eigenvalue weighted by Crippen LogP contribution is -2.45. The fourth-order valence-electron chi connectivity index (χ4n) is 2.50. The summed E-state index contributed by atoms with van der Waals surface area (Å²) in [6, 6.07) is 5.21. The molecule has 1 heterocycles. The molecule has 1 unspecified atom stereocenters. The molecular formula is C14H22N4O3. The molecule has 1 aromatic carbocycles. The van der Waals surface area contributed by atoms with E-state index in [-0.39, 0.29) is 16.7 Å². The third-order valence-electron chi connectivity index (χ3n) is 3.68. The number of anilines is 2. The number of nitrogens with zero attached hydrogens (tertiary/aromatic N) is 2. The van der Waals surface area contributed by atoms with Crippen molar-refractivity contribution in [3.63, 3.8) is 0 Å². The summed E-state index contributed by atoms with van der Waals surface area (Å²) in [5.74, 6) is 0. The molecule has 0 saturated carbocycles. The van der Waals surface area contributed by atoms with Crippen molar-refractivity contribution in [3.8, 4) is 0 Å². The molecule has 1 aliphatic heterocycles. The van der Waals surface area contributed by atoms with Crippen LogP contribution in [0.2, 0.25) is 0 Å². The van der Waals surface area contributed by atoms with Gasteiger partial charge in [-0.2, -0.15) is 0 Å². The van der Waals surface area contributed by atoms with Crippen molar-refractivity contribution in [1.82, 2.24) is 4.90 Å². The maximum absolute atomic E-state index is 11.2. The summed E-state index contributed by atoms with van der Waals surface area (Å²) in [6.07, 6.45) is 0.0524. The van der Waals surface area contributed by atoms with Gasteiger partial charge in [0.05, 0.1) is 17.6 Å². The summed E-state index contributed by atoms with van der Waals surface area (Å²) in [5.41, 5.74) is 1.09. The maximum atomic E-state index is 11.2. The molecule has 116 valence electrons. The van der Waals surface area contributed by atoms with Crippen LogP contribution in [0.3, 0.4) is 0 Å². The number of nitrogens with one attached hydrogen (secondary N) is 2. The molecule has 1 saturated heterocycles. The number of benzene rings is 1.